The first-order chi connectivity index (χ1) is 10.1. The fraction of sp³-hybridized carbons (Fsp3) is 0.286. The van der Waals surface area contributed by atoms with Crippen molar-refractivity contribution in [1.29, 1.82) is 0 Å². The molecule has 0 fully saturated rings. The minimum Gasteiger partial charge on any atom is -0.476 e. The predicted octanol–water partition coefficient (Wildman–Crippen LogP) is 0.969. The Labute approximate surface area is 121 Å². The van der Waals surface area contributed by atoms with Gasteiger partial charge in [0.2, 0.25) is 0 Å². The van der Waals surface area contributed by atoms with Crippen molar-refractivity contribution in [3.05, 3.63) is 47.3 Å². The van der Waals surface area contributed by atoms with Crippen LogP contribution in [0.2, 0.25) is 0 Å². The highest BCUT2D eigenvalue weighted by Crippen LogP contribution is 2.04. The molecule has 0 aliphatic carbocycles. The number of aromatic carboxylic acids is 1. The van der Waals surface area contributed by atoms with Crippen LogP contribution in [0.15, 0.2) is 30.5 Å². The fourth-order valence-corrected chi connectivity index (χ4v) is 1.78. The molecule has 1 heterocycles. The van der Waals surface area contributed by atoms with Crippen molar-refractivity contribution >= 4 is 11.9 Å². The van der Waals surface area contributed by atoms with Gasteiger partial charge in [-0.2, -0.15) is 0 Å². The van der Waals surface area contributed by atoms with Crippen LogP contribution in [0.3, 0.4) is 0 Å². The number of hydrogen-bond donors (Lipinski definition) is 2. The summed E-state index contributed by atoms with van der Waals surface area (Å²) in [7, 11) is 0. The number of carbonyl (C=O) groups is 2. The molecule has 1 aromatic carbocycles. The number of aryl methyl sites for hydroxylation is 1. The van der Waals surface area contributed by atoms with Gasteiger partial charge in [-0.05, 0) is 24.1 Å². The van der Waals surface area contributed by atoms with E-state index in [1.165, 1.54) is 16.4 Å². The van der Waals surface area contributed by atoms with Crippen molar-refractivity contribution in [2.75, 3.05) is 6.54 Å². The summed E-state index contributed by atoms with van der Waals surface area (Å²) in [6.45, 7) is 2.76. The molecule has 110 valence electrons. The highest BCUT2D eigenvalue weighted by molar-refractivity contribution is 5.94. The molecule has 1 aromatic heterocycles. The van der Waals surface area contributed by atoms with Gasteiger partial charge in [0, 0.05) is 12.1 Å². The van der Waals surface area contributed by atoms with Gasteiger partial charge in [0.05, 0.1) is 12.7 Å². The van der Waals surface area contributed by atoms with Gasteiger partial charge in [-0.3, -0.25) is 4.79 Å². The summed E-state index contributed by atoms with van der Waals surface area (Å²) in [5, 5.41) is 18.6. The lowest BCUT2D eigenvalue weighted by Gasteiger charge is -2.05. The number of carboxylic acids is 1. The topological polar surface area (TPSA) is 97.1 Å². The van der Waals surface area contributed by atoms with Gasteiger partial charge in [-0.25, -0.2) is 9.48 Å². The number of amides is 1. The van der Waals surface area contributed by atoms with E-state index in [1.54, 1.807) is 12.1 Å². The molecule has 2 N–H and O–H groups in total. The molecular formula is C14H16N4O3. The van der Waals surface area contributed by atoms with E-state index in [0.717, 1.165) is 6.42 Å². The lowest BCUT2D eigenvalue weighted by molar-refractivity contribution is 0.0690. The van der Waals surface area contributed by atoms with Crippen LogP contribution in [0.5, 0.6) is 0 Å². The van der Waals surface area contributed by atoms with Crippen LogP contribution >= 0.6 is 0 Å². The molecule has 0 radical (unpaired) electrons. The highest BCUT2D eigenvalue weighted by Gasteiger charge is 2.08. The minimum atomic E-state index is -1.12. The Morgan fingerprint density at radius 2 is 2.00 bits per heavy atom. The molecule has 0 unspecified atom stereocenters. The molecule has 0 spiro atoms. The monoisotopic (exact) mass is 288 g/mol. The molecule has 7 heteroatoms. The number of nitrogens with zero attached hydrogens (tertiary/aromatic N) is 3. The lowest BCUT2D eigenvalue weighted by Crippen LogP contribution is -2.27. The van der Waals surface area contributed by atoms with Crippen molar-refractivity contribution in [2.24, 2.45) is 0 Å². The van der Waals surface area contributed by atoms with Gasteiger partial charge >= 0.3 is 5.97 Å². The van der Waals surface area contributed by atoms with E-state index in [2.05, 4.69) is 22.6 Å². The lowest BCUT2D eigenvalue weighted by atomic mass is 10.1. The standard InChI is InChI=1S/C14H16N4O3/c1-2-10-3-5-11(6-4-10)13(19)15-7-8-18-9-12(14(20)21)16-17-18/h3-6,9H,2,7-8H2,1H3,(H,15,19)(H,20,21). The number of carboxylic acid groups (broad SMARTS) is 1. The zero-order valence-electron chi connectivity index (χ0n) is 11.6. The third-order valence-corrected chi connectivity index (χ3v) is 3.01. The summed E-state index contributed by atoms with van der Waals surface area (Å²) in [5.41, 5.74) is 1.66. The van der Waals surface area contributed by atoms with Crippen LogP contribution < -0.4 is 5.32 Å². The normalized spacial score (nSPS) is 10.3. The average molecular weight is 288 g/mol. The zero-order valence-corrected chi connectivity index (χ0v) is 11.6. The van der Waals surface area contributed by atoms with Crippen molar-refractivity contribution in [2.45, 2.75) is 19.9 Å². The number of hydrogen-bond acceptors (Lipinski definition) is 4. The smallest absolute Gasteiger partial charge is 0.358 e. The molecular weight excluding hydrogens is 272 g/mol. The Morgan fingerprint density at radius 3 is 2.57 bits per heavy atom. The number of rotatable bonds is 6. The quantitative estimate of drug-likeness (QED) is 0.825. The average Bonchev–Trinajstić information content (AvgIpc) is 2.96. The second-order valence-corrected chi connectivity index (χ2v) is 4.48. The fourth-order valence-electron chi connectivity index (χ4n) is 1.78. The van der Waals surface area contributed by atoms with E-state index >= 15 is 0 Å². The molecule has 0 aliphatic heterocycles. The summed E-state index contributed by atoms with van der Waals surface area (Å²) in [6.07, 6.45) is 2.25. The van der Waals surface area contributed by atoms with E-state index in [1.807, 2.05) is 12.1 Å². The maximum Gasteiger partial charge on any atom is 0.358 e. The Kier molecular flexibility index (Phi) is 4.65. The first-order valence-electron chi connectivity index (χ1n) is 6.60. The maximum atomic E-state index is 11.9. The van der Waals surface area contributed by atoms with Crippen molar-refractivity contribution in [3.63, 3.8) is 0 Å². The van der Waals surface area contributed by atoms with Crippen LogP contribution in [0.25, 0.3) is 0 Å². The second-order valence-electron chi connectivity index (χ2n) is 4.48. The predicted molar refractivity (Wildman–Crippen MR) is 75.1 cm³/mol. The van der Waals surface area contributed by atoms with Crippen molar-refractivity contribution < 1.29 is 14.7 Å². The van der Waals surface area contributed by atoms with Gasteiger partial charge in [0.1, 0.15) is 0 Å². The summed E-state index contributed by atoms with van der Waals surface area (Å²) < 4.78 is 1.38. The zero-order chi connectivity index (χ0) is 15.2. The summed E-state index contributed by atoms with van der Waals surface area (Å²) in [4.78, 5) is 22.5. The summed E-state index contributed by atoms with van der Waals surface area (Å²) in [6, 6.07) is 7.41. The first-order valence-corrected chi connectivity index (χ1v) is 6.60. The van der Waals surface area contributed by atoms with Crippen molar-refractivity contribution in [3.8, 4) is 0 Å². The molecule has 2 aromatic rings. The van der Waals surface area contributed by atoms with E-state index < -0.39 is 5.97 Å². The SMILES string of the molecule is CCc1ccc(C(=O)NCCn2cc(C(=O)O)nn2)cc1. The summed E-state index contributed by atoms with van der Waals surface area (Å²) >= 11 is 0. The third kappa shape index (κ3) is 3.88. The highest BCUT2D eigenvalue weighted by atomic mass is 16.4. The number of carbonyl (C=O) groups excluding carboxylic acids is 1. The molecule has 7 nitrogen and oxygen atoms in total. The van der Waals surface area contributed by atoms with Crippen LogP contribution in [-0.2, 0) is 13.0 Å². The van der Waals surface area contributed by atoms with Crippen LogP contribution in [0.1, 0.15) is 33.3 Å². The van der Waals surface area contributed by atoms with Gasteiger partial charge < -0.3 is 10.4 Å². The molecule has 21 heavy (non-hydrogen) atoms. The van der Waals surface area contributed by atoms with Gasteiger partial charge in [0.25, 0.3) is 5.91 Å². The molecule has 0 saturated carbocycles. The molecule has 0 atom stereocenters. The van der Waals surface area contributed by atoms with Crippen LogP contribution in [-0.4, -0.2) is 38.5 Å². The third-order valence-electron chi connectivity index (χ3n) is 3.01. The maximum absolute atomic E-state index is 11.9. The van der Waals surface area contributed by atoms with E-state index in [9.17, 15) is 9.59 Å². The Bertz CT molecular complexity index is 634. The van der Waals surface area contributed by atoms with E-state index in [-0.39, 0.29) is 11.6 Å². The number of aromatic nitrogens is 3. The number of nitrogens with one attached hydrogen (secondary N) is 1. The molecule has 1 amide bonds. The van der Waals surface area contributed by atoms with Gasteiger partial charge in [0.15, 0.2) is 5.69 Å². The molecule has 0 bridgehead atoms. The van der Waals surface area contributed by atoms with Gasteiger partial charge in [-0.15, -0.1) is 5.10 Å². The molecule has 2 rings (SSSR count). The van der Waals surface area contributed by atoms with Crippen molar-refractivity contribution in [1.82, 2.24) is 20.3 Å². The Hall–Kier alpha value is -2.70. The second kappa shape index (κ2) is 6.65. The van der Waals surface area contributed by atoms with Crippen LogP contribution in [0, 0.1) is 0 Å². The Balaban J connectivity index is 1.84. The summed E-state index contributed by atoms with van der Waals surface area (Å²) in [5.74, 6) is -1.29. The van der Waals surface area contributed by atoms with E-state index in [4.69, 9.17) is 5.11 Å². The largest absolute Gasteiger partial charge is 0.476 e. The Morgan fingerprint density at radius 1 is 1.29 bits per heavy atom. The number of benzene rings is 1. The van der Waals surface area contributed by atoms with Crippen LogP contribution in [0.4, 0.5) is 0 Å². The first kappa shape index (κ1) is 14.7. The molecule has 0 aliphatic rings. The molecule has 0 saturated heterocycles. The van der Waals surface area contributed by atoms with E-state index in [0.29, 0.717) is 18.7 Å². The van der Waals surface area contributed by atoms with Gasteiger partial charge in [-0.1, -0.05) is 24.3 Å². The minimum absolute atomic E-state index is 0.114.